The lowest BCUT2D eigenvalue weighted by molar-refractivity contribution is -0.140. The number of aliphatic hydroxyl groups excluding tert-OH is 1. The van der Waals surface area contributed by atoms with Gasteiger partial charge in [-0.3, -0.25) is 4.79 Å². The zero-order chi connectivity index (χ0) is 18.9. The van der Waals surface area contributed by atoms with E-state index in [4.69, 9.17) is 9.84 Å². The summed E-state index contributed by atoms with van der Waals surface area (Å²) in [7, 11) is 0. The van der Waals surface area contributed by atoms with Crippen LogP contribution in [0.3, 0.4) is 0 Å². The van der Waals surface area contributed by atoms with Crippen LogP contribution in [0.25, 0.3) is 0 Å². The van der Waals surface area contributed by atoms with Crippen LogP contribution in [0.1, 0.15) is 33.1 Å². The molecule has 0 aromatic rings. The molecule has 0 aromatic carbocycles. The van der Waals surface area contributed by atoms with Crippen LogP contribution >= 0.6 is 11.8 Å². The predicted molar refractivity (Wildman–Crippen MR) is 101 cm³/mol. The van der Waals surface area contributed by atoms with E-state index in [2.05, 4.69) is 9.99 Å². The maximum atomic E-state index is 12.3. The number of aliphatic hydroxyl groups is 1. The number of ether oxygens (including phenoxy) is 1. The molecule has 0 aliphatic heterocycles. The Balaban J connectivity index is 1.87. The lowest BCUT2D eigenvalue weighted by Crippen LogP contribution is -2.21. The third kappa shape index (κ3) is 6.31. The van der Waals surface area contributed by atoms with Crippen LogP contribution in [0.15, 0.2) is 51.1 Å². The van der Waals surface area contributed by atoms with E-state index in [1.165, 1.54) is 11.8 Å². The standard InChI is InChI=1S/C19H23NO5S/c1-13(20-25-14(2)22)19(23)15-3-7-17(8-4-15)26-18-9-5-16(6-10-18)24-12-11-21/h3,5,7-9,15,21H,4,6,10-12H2,1-2H3/b20-13+. The van der Waals surface area contributed by atoms with Gasteiger partial charge in [-0.25, -0.2) is 4.79 Å². The van der Waals surface area contributed by atoms with Gasteiger partial charge in [-0.2, -0.15) is 0 Å². The first-order chi connectivity index (χ1) is 12.5. The maximum Gasteiger partial charge on any atom is 0.331 e. The molecule has 1 atom stereocenters. The van der Waals surface area contributed by atoms with Gasteiger partial charge in [-0.15, -0.1) is 0 Å². The molecule has 2 aliphatic rings. The number of carbonyl (C=O) groups is 2. The summed E-state index contributed by atoms with van der Waals surface area (Å²) in [5.41, 5.74) is 0.190. The summed E-state index contributed by atoms with van der Waals surface area (Å²) in [5.74, 6) is -0.0786. The van der Waals surface area contributed by atoms with Crippen LogP contribution in [0.2, 0.25) is 0 Å². The van der Waals surface area contributed by atoms with Crippen LogP contribution in [-0.2, 0) is 19.2 Å². The second-order valence-corrected chi connectivity index (χ2v) is 7.07. The summed E-state index contributed by atoms with van der Waals surface area (Å²) in [5, 5.41) is 12.3. The van der Waals surface area contributed by atoms with Gasteiger partial charge in [-0.05, 0) is 36.8 Å². The number of ketones is 1. The van der Waals surface area contributed by atoms with Gasteiger partial charge in [0.1, 0.15) is 12.3 Å². The average molecular weight is 377 g/mol. The summed E-state index contributed by atoms with van der Waals surface area (Å²) in [4.78, 5) is 29.9. The van der Waals surface area contributed by atoms with E-state index in [0.29, 0.717) is 13.0 Å². The highest BCUT2D eigenvalue weighted by Gasteiger charge is 2.21. The van der Waals surface area contributed by atoms with Crippen LogP contribution < -0.4 is 0 Å². The zero-order valence-corrected chi connectivity index (χ0v) is 15.8. The molecule has 2 aliphatic carbocycles. The highest BCUT2D eigenvalue weighted by atomic mass is 32.2. The molecule has 0 radical (unpaired) electrons. The first-order valence-corrected chi connectivity index (χ1v) is 9.27. The molecule has 0 spiro atoms. The summed E-state index contributed by atoms with van der Waals surface area (Å²) in [6.07, 6.45) is 12.1. The Morgan fingerprint density at radius 1 is 1.31 bits per heavy atom. The van der Waals surface area contributed by atoms with Crippen molar-refractivity contribution >= 4 is 29.2 Å². The highest BCUT2D eigenvalue weighted by Crippen LogP contribution is 2.36. The van der Waals surface area contributed by atoms with Gasteiger partial charge in [0.25, 0.3) is 0 Å². The molecule has 0 aromatic heterocycles. The molecular weight excluding hydrogens is 354 g/mol. The zero-order valence-electron chi connectivity index (χ0n) is 14.9. The first kappa shape index (κ1) is 20.2. The molecule has 0 saturated carbocycles. The van der Waals surface area contributed by atoms with E-state index in [1.54, 1.807) is 18.7 Å². The second kappa shape index (κ2) is 10.1. The van der Waals surface area contributed by atoms with Gasteiger partial charge >= 0.3 is 5.97 Å². The number of thioether (sulfide) groups is 1. The Labute approximate surface area is 157 Å². The van der Waals surface area contributed by atoms with E-state index >= 15 is 0 Å². The smallest absolute Gasteiger partial charge is 0.331 e. The van der Waals surface area contributed by atoms with E-state index < -0.39 is 5.97 Å². The Hall–Kier alpha value is -2.12. The van der Waals surface area contributed by atoms with Crippen molar-refractivity contribution in [2.24, 2.45) is 11.1 Å². The van der Waals surface area contributed by atoms with E-state index in [0.717, 1.165) is 23.5 Å². The Kier molecular flexibility index (Phi) is 7.87. The summed E-state index contributed by atoms with van der Waals surface area (Å²) in [6.45, 7) is 3.13. The molecule has 0 fully saturated rings. The number of hydrogen-bond donors (Lipinski definition) is 1. The summed E-state index contributed by atoms with van der Waals surface area (Å²) in [6, 6.07) is 0. The monoisotopic (exact) mass is 377 g/mol. The van der Waals surface area contributed by atoms with E-state index in [-0.39, 0.29) is 24.0 Å². The van der Waals surface area contributed by atoms with E-state index in [9.17, 15) is 9.59 Å². The molecule has 140 valence electrons. The number of carbonyl (C=O) groups excluding carboxylic acids is 2. The summed E-state index contributed by atoms with van der Waals surface area (Å²) >= 11 is 1.68. The summed E-state index contributed by atoms with van der Waals surface area (Å²) < 4.78 is 5.42. The second-order valence-electron chi connectivity index (χ2n) is 5.87. The van der Waals surface area contributed by atoms with Crippen molar-refractivity contribution < 1.29 is 24.3 Å². The maximum absolute atomic E-state index is 12.3. The molecule has 6 nitrogen and oxygen atoms in total. The van der Waals surface area contributed by atoms with Crippen molar-refractivity contribution in [2.45, 2.75) is 33.1 Å². The van der Waals surface area contributed by atoms with Crippen LogP contribution in [0.4, 0.5) is 0 Å². The third-order valence-electron chi connectivity index (χ3n) is 3.77. The van der Waals surface area contributed by atoms with Crippen molar-refractivity contribution in [3.63, 3.8) is 0 Å². The number of hydrogen-bond acceptors (Lipinski definition) is 7. The lowest BCUT2D eigenvalue weighted by atomic mass is 9.94. The molecule has 7 heteroatoms. The predicted octanol–water partition coefficient (Wildman–Crippen LogP) is 3.26. The number of rotatable bonds is 8. The topological polar surface area (TPSA) is 85.2 Å². The number of oxime groups is 1. The normalized spacial score (nSPS) is 20.0. The van der Waals surface area contributed by atoms with Crippen molar-refractivity contribution in [3.05, 3.63) is 45.9 Å². The SMILES string of the molecule is CC(=O)O/N=C(\C)C(=O)C1C=CC(SC2=CC=C(OCCO)CC2)=CC1. The molecule has 0 heterocycles. The van der Waals surface area contributed by atoms with Gasteiger partial charge < -0.3 is 14.7 Å². The fraction of sp³-hybridized carbons (Fsp3) is 0.421. The molecular formula is C19H23NO5S. The minimum Gasteiger partial charge on any atom is -0.496 e. The largest absolute Gasteiger partial charge is 0.496 e. The molecule has 0 amide bonds. The Morgan fingerprint density at radius 2 is 2.12 bits per heavy atom. The average Bonchev–Trinajstić information content (AvgIpc) is 2.65. The number of nitrogens with zero attached hydrogens (tertiary/aromatic N) is 1. The van der Waals surface area contributed by atoms with Crippen LogP contribution in [-0.4, -0.2) is 35.8 Å². The van der Waals surface area contributed by atoms with Gasteiger partial charge in [-0.1, -0.05) is 35.1 Å². The van der Waals surface area contributed by atoms with Crippen molar-refractivity contribution in [3.8, 4) is 0 Å². The molecule has 0 bridgehead atoms. The molecule has 1 N–H and O–H groups in total. The van der Waals surface area contributed by atoms with Crippen molar-refractivity contribution in [2.75, 3.05) is 13.2 Å². The van der Waals surface area contributed by atoms with Crippen molar-refractivity contribution in [1.29, 1.82) is 0 Å². The fourth-order valence-corrected chi connectivity index (χ4v) is 3.42. The minimum atomic E-state index is -0.547. The highest BCUT2D eigenvalue weighted by molar-refractivity contribution is 8.06. The molecule has 26 heavy (non-hydrogen) atoms. The van der Waals surface area contributed by atoms with Gasteiger partial charge in [0.05, 0.1) is 12.4 Å². The fourth-order valence-electron chi connectivity index (χ4n) is 2.45. The van der Waals surface area contributed by atoms with Gasteiger partial charge in [0.15, 0.2) is 5.78 Å². The minimum absolute atomic E-state index is 0.0191. The molecule has 2 rings (SSSR count). The van der Waals surface area contributed by atoms with Gasteiger partial charge in [0.2, 0.25) is 0 Å². The number of allylic oxidation sites excluding steroid dienone is 7. The Morgan fingerprint density at radius 3 is 2.69 bits per heavy atom. The first-order valence-electron chi connectivity index (χ1n) is 8.45. The van der Waals surface area contributed by atoms with Crippen LogP contribution in [0.5, 0.6) is 0 Å². The van der Waals surface area contributed by atoms with Crippen LogP contribution in [0, 0.1) is 5.92 Å². The van der Waals surface area contributed by atoms with E-state index in [1.807, 2.05) is 30.4 Å². The molecule has 1 unspecified atom stereocenters. The van der Waals surface area contributed by atoms with Gasteiger partial charge in [0, 0.05) is 24.2 Å². The number of Topliss-reactive ketones (excluding diaryl/α,β-unsaturated/α-hetero) is 1. The Bertz CT molecular complexity index is 703. The third-order valence-corrected chi connectivity index (χ3v) is 4.91. The quantitative estimate of drug-likeness (QED) is 0.397. The van der Waals surface area contributed by atoms with Crippen molar-refractivity contribution in [1.82, 2.24) is 0 Å². The molecule has 0 saturated heterocycles. The lowest BCUT2D eigenvalue weighted by Gasteiger charge is -2.18.